The number of benzene rings is 1. The molecule has 6 heteroatoms. The molecular weight excluding hydrogens is 272 g/mol. The van der Waals surface area contributed by atoms with Crippen molar-refractivity contribution in [2.24, 2.45) is 5.92 Å². The molecule has 1 fully saturated rings. The lowest BCUT2D eigenvalue weighted by molar-refractivity contribution is -0.154. The zero-order valence-electron chi connectivity index (χ0n) is 11.8. The minimum Gasteiger partial charge on any atom is -0.455 e. The lowest BCUT2D eigenvalue weighted by Crippen LogP contribution is -2.28. The lowest BCUT2D eigenvalue weighted by atomic mass is 9.86. The Morgan fingerprint density at radius 1 is 1.19 bits per heavy atom. The van der Waals surface area contributed by atoms with Gasteiger partial charge in [0, 0.05) is 18.3 Å². The van der Waals surface area contributed by atoms with Crippen LogP contribution in [-0.2, 0) is 14.3 Å². The summed E-state index contributed by atoms with van der Waals surface area (Å²) in [5.74, 6) is -0.923. The zero-order valence-corrected chi connectivity index (χ0v) is 11.8. The molecule has 0 heterocycles. The predicted octanol–water partition coefficient (Wildman–Crippen LogP) is 1.33. The number of hydrogen-bond acceptors (Lipinski definition) is 4. The molecule has 6 nitrogen and oxygen atoms in total. The number of nitrogens with one attached hydrogen (secondary N) is 2. The molecule has 2 N–H and O–H groups in total. The van der Waals surface area contributed by atoms with Gasteiger partial charge in [0.1, 0.15) is 0 Å². The van der Waals surface area contributed by atoms with Crippen LogP contribution in [0.4, 0.5) is 5.69 Å². The second-order valence-corrected chi connectivity index (χ2v) is 4.94. The Bertz CT molecular complexity index is 535. The van der Waals surface area contributed by atoms with E-state index in [1.807, 2.05) is 0 Å². The molecular formula is C15H18N2O4. The Kier molecular flexibility index (Phi) is 4.92. The smallest absolute Gasteiger partial charge is 0.309 e. The summed E-state index contributed by atoms with van der Waals surface area (Å²) >= 11 is 0. The van der Waals surface area contributed by atoms with Gasteiger partial charge in [-0.2, -0.15) is 0 Å². The van der Waals surface area contributed by atoms with Crippen LogP contribution in [0.1, 0.15) is 29.6 Å². The normalized spacial score (nSPS) is 14.0. The van der Waals surface area contributed by atoms with Crippen molar-refractivity contribution in [3.63, 3.8) is 0 Å². The van der Waals surface area contributed by atoms with E-state index in [4.69, 9.17) is 4.74 Å². The fourth-order valence-electron chi connectivity index (χ4n) is 1.94. The molecule has 0 spiro atoms. The summed E-state index contributed by atoms with van der Waals surface area (Å²) in [4.78, 5) is 34.5. The van der Waals surface area contributed by atoms with E-state index in [9.17, 15) is 14.4 Å². The molecule has 0 bridgehead atoms. The summed E-state index contributed by atoms with van der Waals surface area (Å²) < 4.78 is 4.94. The minimum atomic E-state index is -0.393. The van der Waals surface area contributed by atoms with E-state index in [0.717, 1.165) is 19.3 Å². The average molecular weight is 290 g/mol. The number of esters is 1. The van der Waals surface area contributed by atoms with Crippen LogP contribution in [0, 0.1) is 5.92 Å². The summed E-state index contributed by atoms with van der Waals surface area (Å²) in [6.45, 7) is -0.285. The lowest BCUT2D eigenvalue weighted by Gasteiger charge is -2.22. The molecule has 1 aliphatic carbocycles. The van der Waals surface area contributed by atoms with Gasteiger partial charge in [-0.3, -0.25) is 14.4 Å². The monoisotopic (exact) mass is 290 g/mol. The van der Waals surface area contributed by atoms with Gasteiger partial charge in [0.25, 0.3) is 11.8 Å². The third-order valence-corrected chi connectivity index (χ3v) is 3.44. The van der Waals surface area contributed by atoms with Crippen molar-refractivity contribution in [2.75, 3.05) is 19.0 Å². The molecule has 0 radical (unpaired) electrons. The molecule has 1 aliphatic rings. The molecule has 0 aromatic heterocycles. The van der Waals surface area contributed by atoms with Crippen molar-refractivity contribution < 1.29 is 19.1 Å². The van der Waals surface area contributed by atoms with Crippen LogP contribution >= 0.6 is 0 Å². The van der Waals surface area contributed by atoms with Crippen molar-refractivity contribution in [1.29, 1.82) is 0 Å². The number of carbonyl (C=O) groups is 3. The summed E-state index contributed by atoms with van der Waals surface area (Å²) in [5.41, 5.74) is 1.05. The maximum atomic E-state index is 11.7. The Morgan fingerprint density at radius 2 is 1.86 bits per heavy atom. The molecule has 1 saturated carbocycles. The first-order valence-corrected chi connectivity index (χ1v) is 6.89. The Morgan fingerprint density at radius 3 is 2.38 bits per heavy atom. The average Bonchev–Trinajstić information content (AvgIpc) is 2.43. The van der Waals surface area contributed by atoms with E-state index in [-0.39, 0.29) is 24.4 Å². The third kappa shape index (κ3) is 4.05. The molecule has 0 aliphatic heterocycles. The zero-order chi connectivity index (χ0) is 15.2. The topological polar surface area (TPSA) is 84.5 Å². The number of carbonyl (C=O) groups excluding carboxylic acids is 3. The quantitative estimate of drug-likeness (QED) is 0.801. The number of ether oxygens (including phenoxy) is 1. The highest BCUT2D eigenvalue weighted by atomic mass is 16.5. The van der Waals surface area contributed by atoms with E-state index in [1.54, 1.807) is 31.3 Å². The van der Waals surface area contributed by atoms with E-state index in [0.29, 0.717) is 11.3 Å². The Hall–Kier alpha value is -2.37. The van der Waals surface area contributed by atoms with E-state index >= 15 is 0 Å². The van der Waals surface area contributed by atoms with Crippen LogP contribution in [0.25, 0.3) is 0 Å². The third-order valence-electron chi connectivity index (χ3n) is 3.44. The fourth-order valence-corrected chi connectivity index (χ4v) is 1.94. The fraction of sp³-hybridized carbons (Fsp3) is 0.400. The van der Waals surface area contributed by atoms with Crippen LogP contribution in [0.3, 0.4) is 0 Å². The maximum Gasteiger partial charge on any atom is 0.309 e. The summed E-state index contributed by atoms with van der Waals surface area (Å²) in [5, 5.41) is 5.12. The molecule has 0 unspecified atom stereocenters. The van der Waals surface area contributed by atoms with Gasteiger partial charge in [0.15, 0.2) is 6.61 Å². The van der Waals surface area contributed by atoms with Gasteiger partial charge >= 0.3 is 5.97 Å². The first-order valence-electron chi connectivity index (χ1n) is 6.89. The van der Waals surface area contributed by atoms with Gasteiger partial charge in [-0.25, -0.2) is 0 Å². The number of anilines is 1. The highest BCUT2D eigenvalue weighted by Crippen LogP contribution is 2.27. The van der Waals surface area contributed by atoms with Crippen molar-refractivity contribution in [3.8, 4) is 0 Å². The van der Waals surface area contributed by atoms with Gasteiger partial charge < -0.3 is 15.4 Å². The summed E-state index contributed by atoms with van der Waals surface area (Å²) in [6.07, 6.45) is 2.74. The second-order valence-electron chi connectivity index (χ2n) is 4.94. The summed E-state index contributed by atoms with van der Waals surface area (Å²) in [6, 6.07) is 6.45. The first kappa shape index (κ1) is 15.0. The van der Waals surface area contributed by atoms with Gasteiger partial charge in [-0.15, -0.1) is 0 Å². The van der Waals surface area contributed by atoms with Crippen molar-refractivity contribution >= 4 is 23.5 Å². The van der Waals surface area contributed by atoms with E-state index in [1.165, 1.54) is 0 Å². The van der Waals surface area contributed by atoms with Crippen LogP contribution in [0.5, 0.6) is 0 Å². The molecule has 0 saturated heterocycles. The number of hydrogen-bond donors (Lipinski definition) is 2. The second kappa shape index (κ2) is 6.88. The number of amides is 2. The van der Waals surface area contributed by atoms with Crippen LogP contribution < -0.4 is 10.6 Å². The largest absolute Gasteiger partial charge is 0.455 e. The first-order chi connectivity index (χ1) is 10.1. The summed E-state index contributed by atoms with van der Waals surface area (Å²) in [7, 11) is 1.55. The van der Waals surface area contributed by atoms with Gasteiger partial charge in [0.2, 0.25) is 0 Å². The van der Waals surface area contributed by atoms with Crippen LogP contribution in [0.2, 0.25) is 0 Å². The maximum absolute atomic E-state index is 11.7. The molecule has 1 aromatic carbocycles. The highest BCUT2D eigenvalue weighted by Gasteiger charge is 2.27. The van der Waals surface area contributed by atoms with Crippen molar-refractivity contribution in [3.05, 3.63) is 29.8 Å². The van der Waals surface area contributed by atoms with Crippen molar-refractivity contribution in [2.45, 2.75) is 19.3 Å². The van der Waals surface area contributed by atoms with Gasteiger partial charge in [0.05, 0.1) is 5.92 Å². The van der Waals surface area contributed by atoms with Gasteiger partial charge in [-0.05, 0) is 37.1 Å². The van der Waals surface area contributed by atoms with Crippen molar-refractivity contribution in [1.82, 2.24) is 5.32 Å². The standard InChI is InChI=1S/C15H18N2O4/c1-16-14(19)10-5-7-12(8-6-10)17-13(18)9-21-15(20)11-3-2-4-11/h5-8,11H,2-4,9H2,1H3,(H,16,19)(H,17,18). The highest BCUT2D eigenvalue weighted by molar-refractivity contribution is 5.96. The molecule has 21 heavy (non-hydrogen) atoms. The SMILES string of the molecule is CNC(=O)c1ccc(NC(=O)COC(=O)C2CCC2)cc1. The number of rotatable bonds is 5. The molecule has 2 amide bonds. The predicted molar refractivity (Wildman–Crippen MR) is 76.8 cm³/mol. The van der Waals surface area contributed by atoms with Crippen LogP contribution in [0.15, 0.2) is 24.3 Å². The molecule has 0 atom stereocenters. The van der Waals surface area contributed by atoms with E-state index < -0.39 is 5.91 Å². The van der Waals surface area contributed by atoms with Gasteiger partial charge in [-0.1, -0.05) is 6.42 Å². The van der Waals surface area contributed by atoms with Crippen LogP contribution in [-0.4, -0.2) is 31.4 Å². The van der Waals surface area contributed by atoms with E-state index in [2.05, 4.69) is 10.6 Å². The Balaban J connectivity index is 1.79. The molecule has 1 aromatic rings. The molecule has 2 rings (SSSR count). The minimum absolute atomic E-state index is 0.0374. The Labute approximate surface area is 122 Å². The molecule has 112 valence electrons.